The predicted molar refractivity (Wildman–Crippen MR) is 85.1 cm³/mol. The van der Waals surface area contributed by atoms with E-state index in [1.54, 1.807) is 0 Å². The predicted octanol–water partition coefficient (Wildman–Crippen LogP) is 4.47. The molecule has 0 spiro atoms. The second-order valence-electron chi connectivity index (χ2n) is 4.87. The minimum Gasteiger partial charge on any atom is -0.493 e. The SMILES string of the molecule is CCCCCOc1ccc([PH+]=O)c(OCCCCC)c1. The van der Waals surface area contributed by atoms with Crippen LogP contribution in [0.3, 0.4) is 0 Å². The van der Waals surface area contributed by atoms with E-state index in [2.05, 4.69) is 13.8 Å². The van der Waals surface area contributed by atoms with E-state index < -0.39 is 8.46 Å². The van der Waals surface area contributed by atoms with Gasteiger partial charge in [-0.2, -0.15) is 0 Å². The number of ether oxygens (including phenoxy) is 2. The number of unbranched alkanes of at least 4 members (excludes halogenated alkanes) is 4. The summed E-state index contributed by atoms with van der Waals surface area (Å²) in [5.41, 5.74) is 0. The van der Waals surface area contributed by atoms with Crippen LogP contribution in [0.4, 0.5) is 0 Å². The van der Waals surface area contributed by atoms with Gasteiger partial charge >= 0.3 is 8.46 Å². The van der Waals surface area contributed by atoms with Gasteiger partial charge in [-0.05, 0) is 25.0 Å². The van der Waals surface area contributed by atoms with Gasteiger partial charge in [0.25, 0.3) is 0 Å². The summed E-state index contributed by atoms with van der Waals surface area (Å²) >= 11 is 0. The molecule has 0 saturated heterocycles. The zero-order chi connectivity index (χ0) is 14.6. The Morgan fingerprint density at radius 1 is 0.950 bits per heavy atom. The third-order valence-corrected chi connectivity index (χ3v) is 3.72. The second-order valence-corrected chi connectivity index (χ2v) is 5.61. The van der Waals surface area contributed by atoms with Crippen LogP contribution in [0.5, 0.6) is 11.5 Å². The first kappa shape index (κ1) is 17.0. The summed E-state index contributed by atoms with van der Waals surface area (Å²) in [5, 5.41) is 0.738. The quantitative estimate of drug-likeness (QED) is 0.446. The summed E-state index contributed by atoms with van der Waals surface area (Å²) in [6, 6.07) is 5.55. The second kappa shape index (κ2) is 10.7. The van der Waals surface area contributed by atoms with Crippen molar-refractivity contribution in [3.05, 3.63) is 18.2 Å². The normalized spacial score (nSPS) is 10.7. The van der Waals surface area contributed by atoms with Crippen LogP contribution in [0, 0.1) is 0 Å². The summed E-state index contributed by atoms with van der Waals surface area (Å²) in [4.78, 5) is 0. The molecule has 1 unspecified atom stereocenters. The number of rotatable bonds is 11. The van der Waals surface area contributed by atoms with Crippen LogP contribution in [0.15, 0.2) is 18.2 Å². The third-order valence-electron chi connectivity index (χ3n) is 3.09. The lowest BCUT2D eigenvalue weighted by molar-refractivity contribution is 0.293. The maximum absolute atomic E-state index is 11.2. The Labute approximate surface area is 123 Å². The third kappa shape index (κ3) is 6.38. The zero-order valence-electron chi connectivity index (χ0n) is 12.6. The maximum Gasteiger partial charge on any atom is 0.367 e. The fourth-order valence-electron chi connectivity index (χ4n) is 1.87. The summed E-state index contributed by atoms with van der Waals surface area (Å²) in [6.07, 6.45) is 6.78. The minimum atomic E-state index is -0.491. The van der Waals surface area contributed by atoms with E-state index in [4.69, 9.17) is 9.47 Å². The van der Waals surface area contributed by atoms with Gasteiger partial charge in [0.15, 0.2) is 5.75 Å². The van der Waals surface area contributed by atoms with E-state index in [-0.39, 0.29) is 0 Å². The van der Waals surface area contributed by atoms with Crippen molar-refractivity contribution in [2.24, 2.45) is 0 Å². The van der Waals surface area contributed by atoms with E-state index >= 15 is 0 Å². The molecular weight excluding hydrogens is 271 g/mol. The Balaban J connectivity index is 2.53. The molecule has 0 aromatic heterocycles. The molecule has 20 heavy (non-hydrogen) atoms. The average molecular weight is 297 g/mol. The van der Waals surface area contributed by atoms with E-state index in [0.29, 0.717) is 12.4 Å². The molecule has 1 rings (SSSR count). The van der Waals surface area contributed by atoms with Crippen LogP contribution in [0.2, 0.25) is 0 Å². The lowest BCUT2D eigenvalue weighted by atomic mass is 10.2. The largest absolute Gasteiger partial charge is 0.493 e. The lowest BCUT2D eigenvalue weighted by Gasteiger charge is -2.09. The molecule has 0 saturated carbocycles. The lowest BCUT2D eigenvalue weighted by Crippen LogP contribution is -2.06. The van der Waals surface area contributed by atoms with E-state index in [0.717, 1.165) is 36.9 Å². The Morgan fingerprint density at radius 2 is 1.60 bits per heavy atom. The van der Waals surface area contributed by atoms with Crippen LogP contribution >= 0.6 is 8.46 Å². The highest BCUT2D eigenvalue weighted by molar-refractivity contribution is 7.34. The standard InChI is InChI=1S/C16H25O3P/c1-3-5-7-11-18-14-9-10-16(20-17)15(13-14)19-12-8-6-4-2/h9-10,13H,3-8,11-12H2,1-2H3/p+1. The molecule has 0 heterocycles. The van der Waals surface area contributed by atoms with Gasteiger partial charge in [-0.15, -0.1) is 0 Å². The molecular formula is C16H26O3P+. The van der Waals surface area contributed by atoms with Gasteiger partial charge in [0.05, 0.1) is 13.2 Å². The zero-order valence-corrected chi connectivity index (χ0v) is 13.6. The summed E-state index contributed by atoms with van der Waals surface area (Å²) < 4.78 is 22.6. The number of benzene rings is 1. The topological polar surface area (TPSA) is 35.5 Å². The highest BCUT2D eigenvalue weighted by Gasteiger charge is 2.12. The molecule has 0 aliphatic rings. The Kier molecular flexibility index (Phi) is 9.06. The molecule has 3 nitrogen and oxygen atoms in total. The molecule has 1 atom stereocenters. The van der Waals surface area contributed by atoms with Crippen molar-refractivity contribution in [3.63, 3.8) is 0 Å². The van der Waals surface area contributed by atoms with E-state index in [9.17, 15) is 4.57 Å². The molecule has 0 N–H and O–H groups in total. The number of hydrogen-bond donors (Lipinski definition) is 0. The first-order valence-corrected chi connectivity index (χ1v) is 8.50. The highest BCUT2D eigenvalue weighted by Crippen LogP contribution is 2.21. The Bertz CT molecular complexity index is 393. The van der Waals surface area contributed by atoms with Gasteiger partial charge in [-0.25, -0.2) is 0 Å². The first-order chi connectivity index (χ1) is 9.81. The highest BCUT2D eigenvalue weighted by atomic mass is 31.1. The van der Waals surface area contributed by atoms with Crippen molar-refractivity contribution in [1.29, 1.82) is 0 Å². The van der Waals surface area contributed by atoms with Gasteiger partial charge in [0.1, 0.15) is 5.75 Å². The molecule has 1 aromatic rings. The van der Waals surface area contributed by atoms with Crippen molar-refractivity contribution in [2.75, 3.05) is 13.2 Å². The minimum absolute atomic E-state index is 0.491. The van der Waals surface area contributed by atoms with Gasteiger partial charge in [-0.1, -0.05) is 44.1 Å². The molecule has 0 aliphatic heterocycles. The molecule has 4 heteroatoms. The molecule has 1 aromatic carbocycles. The van der Waals surface area contributed by atoms with Gasteiger partial charge < -0.3 is 9.47 Å². The summed E-state index contributed by atoms with van der Waals surface area (Å²) in [7, 11) is -0.491. The van der Waals surface area contributed by atoms with Crippen molar-refractivity contribution in [2.45, 2.75) is 52.4 Å². The van der Waals surface area contributed by atoms with E-state index in [1.165, 1.54) is 19.3 Å². The summed E-state index contributed by atoms with van der Waals surface area (Å²) in [6.45, 7) is 5.73. The Morgan fingerprint density at radius 3 is 2.20 bits per heavy atom. The maximum atomic E-state index is 11.2. The molecule has 0 radical (unpaired) electrons. The van der Waals surface area contributed by atoms with Crippen LogP contribution in [0.1, 0.15) is 52.4 Å². The Hall–Kier alpha value is -1.08. The first-order valence-electron chi connectivity index (χ1n) is 7.59. The van der Waals surface area contributed by atoms with Crippen molar-refractivity contribution >= 4 is 13.8 Å². The molecule has 0 amide bonds. The monoisotopic (exact) mass is 297 g/mol. The fourth-order valence-corrected chi connectivity index (χ4v) is 2.27. The van der Waals surface area contributed by atoms with Gasteiger partial charge in [0, 0.05) is 6.07 Å². The molecule has 112 valence electrons. The van der Waals surface area contributed by atoms with Crippen LogP contribution in [-0.4, -0.2) is 13.2 Å². The van der Waals surface area contributed by atoms with Crippen LogP contribution in [-0.2, 0) is 4.57 Å². The van der Waals surface area contributed by atoms with Crippen molar-refractivity contribution in [1.82, 2.24) is 0 Å². The smallest absolute Gasteiger partial charge is 0.367 e. The fraction of sp³-hybridized carbons (Fsp3) is 0.625. The molecule has 0 fully saturated rings. The molecule has 0 bridgehead atoms. The van der Waals surface area contributed by atoms with Gasteiger partial charge in [0.2, 0.25) is 5.30 Å². The van der Waals surface area contributed by atoms with Crippen molar-refractivity contribution in [3.8, 4) is 11.5 Å². The van der Waals surface area contributed by atoms with E-state index in [1.807, 2.05) is 18.2 Å². The van der Waals surface area contributed by atoms with Crippen LogP contribution < -0.4 is 14.8 Å². The average Bonchev–Trinajstić information content (AvgIpc) is 2.48. The van der Waals surface area contributed by atoms with Gasteiger partial charge in [-0.3, -0.25) is 0 Å². The summed E-state index contributed by atoms with van der Waals surface area (Å²) in [5.74, 6) is 1.50. The number of hydrogen-bond acceptors (Lipinski definition) is 3. The van der Waals surface area contributed by atoms with Crippen molar-refractivity contribution < 1.29 is 14.0 Å². The van der Waals surface area contributed by atoms with Crippen LogP contribution in [0.25, 0.3) is 0 Å². The molecule has 0 aliphatic carbocycles.